The molecule has 2 bridgehead atoms. The third-order valence-corrected chi connectivity index (χ3v) is 7.80. The molecule has 1 N–H and O–H groups in total. The van der Waals surface area contributed by atoms with Crippen LogP contribution in [-0.2, 0) is 23.9 Å². The van der Waals surface area contributed by atoms with Crippen LogP contribution in [0.1, 0.15) is 33.6 Å². The van der Waals surface area contributed by atoms with Crippen molar-refractivity contribution >= 4 is 29.2 Å². The fourth-order valence-electron chi connectivity index (χ4n) is 6.32. The van der Waals surface area contributed by atoms with Gasteiger partial charge in [0.25, 0.3) is 5.91 Å². The van der Waals surface area contributed by atoms with Gasteiger partial charge in [-0.3, -0.25) is 14.4 Å². The summed E-state index contributed by atoms with van der Waals surface area (Å²) in [7, 11) is 0. The maximum atomic E-state index is 14.2. The minimum Gasteiger partial charge on any atom is -0.466 e. The van der Waals surface area contributed by atoms with E-state index in [-0.39, 0.29) is 38.1 Å². The molecule has 0 aromatic heterocycles. The van der Waals surface area contributed by atoms with Gasteiger partial charge < -0.3 is 29.3 Å². The average Bonchev–Trinajstić information content (AvgIpc) is 3.52. The minimum absolute atomic E-state index is 0.0140. The molecule has 1 aromatic rings. The molecule has 3 aliphatic rings. The summed E-state index contributed by atoms with van der Waals surface area (Å²) in [5.74, 6) is -2.65. The number of ether oxygens (including phenoxy) is 2. The maximum absolute atomic E-state index is 14.2. The summed E-state index contributed by atoms with van der Waals surface area (Å²) in [6.45, 7) is 11.6. The molecule has 3 saturated heterocycles. The monoisotopic (exact) mass is 499 g/mol. The van der Waals surface area contributed by atoms with E-state index in [4.69, 9.17) is 9.47 Å². The van der Waals surface area contributed by atoms with Crippen LogP contribution in [0.25, 0.3) is 0 Å². The fraction of sp³-hybridized carbons (Fsp3) is 0.593. The molecule has 1 spiro atoms. The lowest BCUT2D eigenvalue weighted by Crippen LogP contribution is -2.56. The van der Waals surface area contributed by atoms with E-state index >= 15 is 0 Å². The molecule has 3 fully saturated rings. The standard InChI is InChI=1S/C27H37N3O6/c1-5-15-29(19-11-9-18(10-12-19)28(6-2)7-3)25(33)23-27-14-13-20(36-27)21(26(34)35-8-4)22(27)24(32)30(23)16-17-31/h5,9-12,20-23,31H,1,6-8,13-17H2,2-4H3/t20-,21+,22+,23-,27+/m1/s1. The first kappa shape index (κ1) is 26.2. The Bertz CT molecular complexity index is 994. The summed E-state index contributed by atoms with van der Waals surface area (Å²) in [5, 5.41) is 9.75. The second-order valence-electron chi connectivity index (χ2n) is 9.49. The van der Waals surface area contributed by atoms with Crippen LogP contribution in [0, 0.1) is 11.8 Å². The molecule has 196 valence electrons. The maximum Gasteiger partial charge on any atom is 0.312 e. The number of aliphatic hydroxyl groups excluding tert-OH is 1. The first-order chi connectivity index (χ1) is 17.4. The van der Waals surface area contributed by atoms with E-state index in [1.807, 2.05) is 24.3 Å². The van der Waals surface area contributed by atoms with Crippen molar-refractivity contribution in [1.29, 1.82) is 0 Å². The highest BCUT2D eigenvalue weighted by atomic mass is 16.6. The van der Waals surface area contributed by atoms with Gasteiger partial charge in [0.15, 0.2) is 0 Å². The third kappa shape index (κ3) is 4.08. The van der Waals surface area contributed by atoms with Crippen molar-refractivity contribution in [1.82, 2.24) is 4.90 Å². The number of rotatable bonds is 11. The van der Waals surface area contributed by atoms with Crippen LogP contribution in [0.3, 0.4) is 0 Å². The SMILES string of the molecule is C=CCN(C(=O)[C@H]1N(CCO)C(=O)[C@@H]2[C@@H](C(=O)OCC)[C@H]3CC[C@]21O3)c1ccc(N(CC)CC)cc1. The molecule has 2 amide bonds. The van der Waals surface area contributed by atoms with Gasteiger partial charge in [0.2, 0.25) is 5.91 Å². The number of fused-ring (bicyclic) bond motifs is 1. The number of esters is 1. The summed E-state index contributed by atoms with van der Waals surface area (Å²) in [4.78, 5) is 45.9. The number of hydrogen-bond donors (Lipinski definition) is 1. The van der Waals surface area contributed by atoms with Crippen LogP contribution >= 0.6 is 0 Å². The van der Waals surface area contributed by atoms with Crippen LogP contribution in [0.2, 0.25) is 0 Å². The van der Waals surface area contributed by atoms with Crippen molar-refractivity contribution in [2.45, 2.75) is 51.4 Å². The molecule has 0 unspecified atom stereocenters. The molecular formula is C27H37N3O6. The average molecular weight is 500 g/mol. The number of carbonyl (C=O) groups is 3. The Morgan fingerprint density at radius 2 is 1.89 bits per heavy atom. The number of β-amino-alcohol motifs (C(OH)–C–C–N with tert-alkyl or cyclic N) is 1. The largest absolute Gasteiger partial charge is 0.466 e. The van der Waals surface area contributed by atoms with Gasteiger partial charge in [0, 0.05) is 37.6 Å². The Morgan fingerprint density at radius 3 is 2.47 bits per heavy atom. The molecule has 9 nitrogen and oxygen atoms in total. The molecule has 9 heteroatoms. The topological polar surface area (TPSA) is 99.6 Å². The Labute approximate surface area is 212 Å². The number of amides is 2. The van der Waals surface area contributed by atoms with Gasteiger partial charge in [0.1, 0.15) is 11.6 Å². The summed E-state index contributed by atoms with van der Waals surface area (Å²) in [6.07, 6.45) is 2.26. The summed E-state index contributed by atoms with van der Waals surface area (Å²) >= 11 is 0. The lowest BCUT2D eigenvalue weighted by molar-refractivity contribution is -0.154. The van der Waals surface area contributed by atoms with Gasteiger partial charge in [-0.15, -0.1) is 6.58 Å². The molecule has 0 radical (unpaired) electrons. The molecule has 0 saturated carbocycles. The van der Waals surface area contributed by atoms with Crippen molar-refractivity contribution in [2.75, 3.05) is 49.2 Å². The van der Waals surface area contributed by atoms with Crippen LogP contribution in [0.5, 0.6) is 0 Å². The van der Waals surface area contributed by atoms with E-state index in [0.29, 0.717) is 18.5 Å². The van der Waals surface area contributed by atoms with Crippen molar-refractivity contribution in [2.24, 2.45) is 11.8 Å². The highest BCUT2D eigenvalue weighted by molar-refractivity contribution is 6.04. The second kappa shape index (κ2) is 10.6. The number of aliphatic hydroxyl groups is 1. The highest BCUT2D eigenvalue weighted by Gasteiger charge is 2.75. The number of likely N-dealkylation sites (tertiary alicyclic amines) is 1. The zero-order chi connectivity index (χ0) is 26.0. The van der Waals surface area contributed by atoms with E-state index in [1.165, 1.54) is 4.90 Å². The van der Waals surface area contributed by atoms with E-state index in [0.717, 1.165) is 18.8 Å². The summed E-state index contributed by atoms with van der Waals surface area (Å²) in [6, 6.07) is 6.80. The van der Waals surface area contributed by atoms with Gasteiger partial charge in [-0.1, -0.05) is 6.08 Å². The minimum atomic E-state index is -1.12. The number of nitrogens with zero attached hydrogens (tertiary/aromatic N) is 3. The van der Waals surface area contributed by atoms with Crippen LogP contribution in [0.4, 0.5) is 11.4 Å². The zero-order valence-electron chi connectivity index (χ0n) is 21.4. The molecule has 36 heavy (non-hydrogen) atoms. The number of anilines is 2. The van der Waals surface area contributed by atoms with Crippen LogP contribution in [-0.4, -0.2) is 84.9 Å². The summed E-state index contributed by atoms with van der Waals surface area (Å²) in [5.41, 5.74) is 0.620. The number of hydrogen-bond acceptors (Lipinski definition) is 7. The Hall–Kier alpha value is -2.91. The van der Waals surface area contributed by atoms with Crippen molar-refractivity contribution in [3.63, 3.8) is 0 Å². The fourth-order valence-corrected chi connectivity index (χ4v) is 6.32. The van der Waals surface area contributed by atoms with Gasteiger partial charge in [0.05, 0.1) is 31.2 Å². The molecule has 3 heterocycles. The molecule has 1 aromatic carbocycles. The zero-order valence-corrected chi connectivity index (χ0v) is 21.4. The first-order valence-electron chi connectivity index (χ1n) is 12.9. The van der Waals surface area contributed by atoms with Gasteiger partial charge in [-0.05, 0) is 57.9 Å². The van der Waals surface area contributed by atoms with Crippen LogP contribution < -0.4 is 9.80 Å². The Kier molecular flexibility index (Phi) is 7.70. The normalized spacial score (nSPS) is 28.2. The molecule has 3 aliphatic heterocycles. The third-order valence-electron chi connectivity index (χ3n) is 7.80. The molecular weight excluding hydrogens is 462 g/mol. The van der Waals surface area contributed by atoms with E-state index < -0.39 is 35.6 Å². The lowest BCUT2D eigenvalue weighted by atomic mass is 9.70. The highest BCUT2D eigenvalue weighted by Crippen LogP contribution is 2.58. The predicted octanol–water partition coefficient (Wildman–Crippen LogP) is 1.98. The number of benzene rings is 1. The van der Waals surface area contributed by atoms with E-state index in [9.17, 15) is 19.5 Å². The van der Waals surface area contributed by atoms with Crippen LogP contribution in [0.15, 0.2) is 36.9 Å². The van der Waals surface area contributed by atoms with Crippen molar-refractivity contribution in [3.05, 3.63) is 36.9 Å². The van der Waals surface area contributed by atoms with Crippen molar-refractivity contribution in [3.8, 4) is 0 Å². The Morgan fingerprint density at radius 1 is 1.22 bits per heavy atom. The van der Waals surface area contributed by atoms with Crippen molar-refractivity contribution < 1.29 is 29.0 Å². The quantitative estimate of drug-likeness (QED) is 0.367. The molecule has 0 aliphatic carbocycles. The predicted molar refractivity (Wildman–Crippen MR) is 136 cm³/mol. The first-order valence-corrected chi connectivity index (χ1v) is 12.9. The van der Waals surface area contributed by atoms with E-state index in [1.54, 1.807) is 17.9 Å². The van der Waals surface area contributed by atoms with Gasteiger partial charge >= 0.3 is 5.97 Å². The molecule has 5 atom stereocenters. The summed E-state index contributed by atoms with van der Waals surface area (Å²) < 4.78 is 11.6. The Balaban J connectivity index is 1.70. The second-order valence-corrected chi connectivity index (χ2v) is 9.49. The van der Waals surface area contributed by atoms with Gasteiger partial charge in [-0.25, -0.2) is 0 Å². The van der Waals surface area contributed by atoms with Gasteiger partial charge in [-0.2, -0.15) is 0 Å². The number of carbonyl (C=O) groups excluding carboxylic acids is 3. The molecule has 4 rings (SSSR count). The van der Waals surface area contributed by atoms with E-state index in [2.05, 4.69) is 25.3 Å². The lowest BCUT2D eigenvalue weighted by Gasteiger charge is -2.36. The smallest absolute Gasteiger partial charge is 0.312 e.